The van der Waals surface area contributed by atoms with E-state index in [1.807, 2.05) is 30.3 Å². The molecule has 0 radical (unpaired) electrons. The van der Waals surface area contributed by atoms with Crippen molar-refractivity contribution in [3.8, 4) is 11.4 Å². The van der Waals surface area contributed by atoms with Crippen molar-refractivity contribution in [2.75, 3.05) is 18.5 Å². The summed E-state index contributed by atoms with van der Waals surface area (Å²) in [6, 6.07) is 9.90. The van der Waals surface area contributed by atoms with Crippen molar-refractivity contribution in [3.63, 3.8) is 0 Å². The first kappa shape index (κ1) is 15.0. The highest BCUT2D eigenvalue weighted by Gasteiger charge is 2.18. The summed E-state index contributed by atoms with van der Waals surface area (Å²) in [6.07, 6.45) is 0. The van der Waals surface area contributed by atoms with Gasteiger partial charge in [-0.15, -0.1) is 16.4 Å². The van der Waals surface area contributed by atoms with Crippen molar-refractivity contribution in [2.24, 2.45) is 0 Å². The molecule has 24 heavy (non-hydrogen) atoms. The Morgan fingerprint density at radius 1 is 1.17 bits per heavy atom. The average Bonchev–Trinajstić information content (AvgIpc) is 3.15. The van der Waals surface area contributed by atoms with Crippen molar-refractivity contribution in [1.82, 2.24) is 19.6 Å². The minimum absolute atomic E-state index is 0.0317. The zero-order valence-corrected chi connectivity index (χ0v) is 14.3. The van der Waals surface area contributed by atoms with Gasteiger partial charge in [-0.1, -0.05) is 30.3 Å². The highest BCUT2D eigenvalue weighted by atomic mass is 32.1. The van der Waals surface area contributed by atoms with Crippen molar-refractivity contribution in [1.29, 1.82) is 0 Å². The first-order valence-corrected chi connectivity index (χ1v) is 8.57. The van der Waals surface area contributed by atoms with Crippen LogP contribution in [0.5, 0.6) is 0 Å². The Morgan fingerprint density at radius 2 is 1.96 bits per heavy atom. The molecule has 0 aliphatic rings. The maximum atomic E-state index is 9.11. The molecule has 0 saturated heterocycles. The lowest BCUT2D eigenvalue weighted by Gasteiger charge is -2.05. The lowest BCUT2D eigenvalue weighted by molar-refractivity contribution is 0.310. The van der Waals surface area contributed by atoms with E-state index < -0.39 is 0 Å². The highest BCUT2D eigenvalue weighted by Crippen LogP contribution is 2.33. The van der Waals surface area contributed by atoms with Crippen LogP contribution >= 0.6 is 11.3 Å². The molecule has 7 heteroatoms. The Balaban J connectivity index is 2.02. The minimum Gasteiger partial charge on any atom is -0.395 e. The molecule has 6 nitrogen and oxygen atoms in total. The Labute approximate surface area is 142 Å². The molecule has 4 aromatic rings. The summed E-state index contributed by atoms with van der Waals surface area (Å²) in [5.41, 5.74) is 2.95. The first-order chi connectivity index (χ1) is 11.7. The van der Waals surface area contributed by atoms with Crippen molar-refractivity contribution in [2.45, 2.75) is 13.8 Å². The van der Waals surface area contributed by atoms with Gasteiger partial charge in [0.15, 0.2) is 11.5 Å². The second-order valence-corrected chi connectivity index (χ2v) is 6.79. The monoisotopic (exact) mass is 339 g/mol. The van der Waals surface area contributed by atoms with Gasteiger partial charge in [0.05, 0.1) is 12.0 Å². The summed E-state index contributed by atoms with van der Waals surface area (Å²) < 4.78 is 1.74. The number of aliphatic hydroxyl groups excluding tert-OH is 1. The standard InChI is InChI=1S/C17H17N5OS/c1-10-11(2)24-16-13(10)15-19-14(12-6-4-3-5-7-12)21-22(15)17(20-16)18-8-9-23/h3-7,23H,8-9H2,1-2H3,(H,18,20). The van der Waals surface area contributed by atoms with Crippen molar-refractivity contribution >= 4 is 33.1 Å². The number of aryl methyl sites for hydroxylation is 2. The summed E-state index contributed by atoms with van der Waals surface area (Å²) >= 11 is 1.65. The molecule has 0 aliphatic carbocycles. The van der Waals surface area contributed by atoms with Crippen molar-refractivity contribution < 1.29 is 5.11 Å². The largest absolute Gasteiger partial charge is 0.395 e. The number of aromatic nitrogens is 4. The number of nitrogens with one attached hydrogen (secondary N) is 1. The van der Waals surface area contributed by atoms with Gasteiger partial charge in [0.25, 0.3) is 0 Å². The van der Waals surface area contributed by atoms with E-state index in [-0.39, 0.29) is 6.61 Å². The van der Waals surface area contributed by atoms with Gasteiger partial charge in [-0.05, 0) is 19.4 Å². The van der Waals surface area contributed by atoms with Crippen LogP contribution in [0.4, 0.5) is 5.95 Å². The summed E-state index contributed by atoms with van der Waals surface area (Å²) in [5.74, 6) is 1.27. The lowest BCUT2D eigenvalue weighted by atomic mass is 10.2. The molecular weight excluding hydrogens is 322 g/mol. The van der Waals surface area contributed by atoms with E-state index in [1.54, 1.807) is 15.9 Å². The Kier molecular flexibility index (Phi) is 3.66. The SMILES string of the molecule is Cc1sc2nc(NCCO)n3nc(-c4ccccc4)nc3c2c1C. The minimum atomic E-state index is 0.0317. The number of rotatable bonds is 4. The predicted octanol–water partition coefficient (Wildman–Crippen LogP) is 3.03. The lowest BCUT2D eigenvalue weighted by Crippen LogP contribution is -2.11. The van der Waals surface area contributed by atoms with Crippen molar-refractivity contribution in [3.05, 3.63) is 40.8 Å². The van der Waals surface area contributed by atoms with Crippen LogP contribution in [-0.4, -0.2) is 37.8 Å². The van der Waals surface area contributed by atoms with E-state index in [0.29, 0.717) is 18.3 Å². The summed E-state index contributed by atoms with van der Waals surface area (Å²) in [6.45, 7) is 4.63. The van der Waals surface area contributed by atoms with Gasteiger partial charge in [0, 0.05) is 17.0 Å². The Hall–Kier alpha value is -2.51. The number of nitrogens with zero attached hydrogens (tertiary/aromatic N) is 4. The molecule has 0 amide bonds. The molecule has 0 saturated carbocycles. The van der Waals surface area contributed by atoms with Crippen LogP contribution in [0.25, 0.3) is 27.3 Å². The van der Waals surface area contributed by atoms with E-state index in [1.165, 1.54) is 10.4 Å². The van der Waals surface area contributed by atoms with Crippen LogP contribution < -0.4 is 5.32 Å². The maximum absolute atomic E-state index is 9.11. The Bertz CT molecular complexity index is 1020. The molecule has 2 N–H and O–H groups in total. The third-order valence-corrected chi connectivity index (χ3v) is 5.13. The van der Waals surface area contributed by atoms with Crippen LogP contribution in [0.15, 0.2) is 30.3 Å². The molecule has 0 spiro atoms. The van der Waals surface area contributed by atoms with Crippen LogP contribution in [0.2, 0.25) is 0 Å². The van der Waals surface area contributed by atoms with Gasteiger partial charge in [-0.2, -0.15) is 4.52 Å². The third-order valence-electron chi connectivity index (χ3n) is 4.03. The van der Waals surface area contributed by atoms with Gasteiger partial charge in [0.1, 0.15) is 4.83 Å². The number of benzene rings is 1. The molecule has 0 bridgehead atoms. The van der Waals surface area contributed by atoms with Gasteiger partial charge >= 0.3 is 0 Å². The number of hydrogen-bond acceptors (Lipinski definition) is 6. The quantitative estimate of drug-likeness (QED) is 0.598. The van der Waals surface area contributed by atoms with Gasteiger partial charge in [-0.25, -0.2) is 9.97 Å². The first-order valence-electron chi connectivity index (χ1n) is 7.75. The van der Waals surface area contributed by atoms with E-state index in [9.17, 15) is 0 Å². The van der Waals surface area contributed by atoms with Crippen LogP contribution in [0.1, 0.15) is 10.4 Å². The Morgan fingerprint density at radius 3 is 2.71 bits per heavy atom. The fourth-order valence-electron chi connectivity index (χ4n) is 2.71. The van der Waals surface area contributed by atoms with E-state index in [4.69, 9.17) is 10.1 Å². The molecule has 0 unspecified atom stereocenters. The second kappa shape index (κ2) is 5.85. The molecule has 0 fully saturated rings. The van der Waals surface area contributed by atoms with Gasteiger partial charge in [-0.3, -0.25) is 0 Å². The molecule has 122 valence electrons. The number of fused-ring (bicyclic) bond motifs is 3. The number of thiophene rings is 1. The van der Waals surface area contributed by atoms with Gasteiger partial charge in [0.2, 0.25) is 5.95 Å². The van der Waals surface area contributed by atoms with E-state index >= 15 is 0 Å². The molecule has 4 rings (SSSR count). The molecule has 1 aromatic carbocycles. The molecule has 3 heterocycles. The van der Waals surface area contributed by atoms with Crippen LogP contribution in [0.3, 0.4) is 0 Å². The molecule has 0 atom stereocenters. The summed E-state index contributed by atoms with van der Waals surface area (Å²) in [7, 11) is 0. The fraction of sp³-hybridized carbons (Fsp3) is 0.235. The summed E-state index contributed by atoms with van der Waals surface area (Å²) in [5, 5.41) is 17.9. The number of aliphatic hydroxyl groups is 1. The maximum Gasteiger partial charge on any atom is 0.227 e. The van der Waals surface area contributed by atoms with Crippen LogP contribution in [-0.2, 0) is 0 Å². The highest BCUT2D eigenvalue weighted by molar-refractivity contribution is 7.18. The van der Waals surface area contributed by atoms with Crippen LogP contribution in [0, 0.1) is 13.8 Å². The molecule has 3 aromatic heterocycles. The molecular formula is C17H17N5OS. The summed E-state index contributed by atoms with van der Waals surface area (Å²) in [4.78, 5) is 11.6. The van der Waals surface area contributed by atoms with Gasteiger partial charge < -0.3 is 10.4 Å². The third kappa shape index (κ3) is 2.33. The average molecular weight is 339 g/mol. The zero-order chi connectivity index (χ0) is 16.7. The smallest absolute Gasteiger partial charge is 0.227 e. The predicted molar refractivity (Wildman–Crippen MR) is 96.7 cm³/mol. The number of anilines is 1. The zero-order valence-electron chi connectivity index (χ0n) is 13.4. The van der Waals surface area contributed by atoms with E-state index in [2.05, 4.69) is 29.2 Å². The fourth-order valence-corrected chi connectivity index (χ4v) is 3.73. The normalized spacial score (nSPS) is 11.5. The number of hydrogen-bond donors (Lipinski definition) is 2. The second-order valence-electron chi connectivity index (χ2n) is 5.59. The topological polar surface area (TPSA) is 75.3 Å². The molecule has 0 aliphatic heterocycles. The van der Waals surface area contributed by atoms with E-state index in [0.717, 1.165) is 21.4 Å².